The third-order valence-corrected chi connectivity index (χ3v) is 4.71. The van der Waals surface area contributed by atoms with E-state index in [4.69, 9.17) is 9.31 Å². The van der Waals surface area contributed by atoms with Gasteiger partial charge in [-0.1, -0.05) is 6.07 Å². The lowest BCUT2D eigenvalue weighted by Gasteiger charge is -2.32. The third kappa shape index (κ3) is 2.84. The van der Waals surface area contributed by atoms with Gasteiger partial charge < -0.3 is 14.6 Å². The fraction of sp³-hybridized carbons (Fsp3) is 0.600. The van der Waals surface area contributed by atoms with Crippen LogP contribution in [-0.4, -0.2) is 24.9 Å². The van der Waals surface area contributed by atoms with Gasteiger partial charge in [0, 0.05) is 12.0 Å². The summed E-state index contributed by atoms with van der Waals surface area (Å²) in [5, 5.41) is 3.31. The molecule has 1 saturated heterocycles. The van der Waals surface area contributed by atoms with E-state index in [0.717, 1.165) is 30.6 Å². The Morgan fingerprint density at radius 2 is 1.71 bits per heavy atom. The van der Waals surface area contributed by atoms with Crippen LogP contribution in [0.4, 0.5) is 4.39 Å². The molecule has 1 aromatic carbocycles. The van der Waals surface area contributed by atoms with Crippen molar-refractivity contribution in [2.24, 2.45) is 0 Å². The SMILES string of the molecule is CC1(C)OB(c2cc3c(cc2F)CCNC3)OC1(C)C.Cl. The van der Waals surface area contributed by atoms with Crippen LogP contribution >= 0.6 is 12.4 Å². The van der Waals surface area contributed by atoms with Crippen molar-refractivity contribution in [3.8, 4) is 0 Å². The quantitative estimate of drug-likeness (QED) is 0.806. The van der Waals surface area contributed by atoms with E-state index >= 15 is 0 Å². The molecule has 21 heavy (non-hydrogen) atoms. The Labute approximate surface area is 132 Å². The van der Waals surface area contributed by atoms with Crippen LogP contribution in [0.15, 0.2) is 12.1 Å². The fourth-order valence-corrected chi connectivity index (χ4v) is 2.67. The number of benzene rings is 1. The van der Waals surface area contributed by atoms with E-state index in [-0.39, 0.29) is 18.2 Å². The summed E-state index contributed by atoms with van der Waals surface area (Å²) in [5.41, 5.74) is 1.84. The summed E-state index contributed by atoms with van der Waals surface area (Å²) >= 11 is 0. The number of fused-ring (bicyclic) bond motifs is 1. The standard InChI is InChI=1S/C15H21BFNO2.ClH/c1-14(2)15(3,4)20-16(19-14)12-7-11-9-18-6-5-10(11)8-13(12)17;/h7-8,18H,5-6,9H2,1-4H3;1H. The molecule has 0 unspecified atom stereocenters. The summed E-state index contributed by atoms with van der Waals surface area (Å²) < 4.78 is 26.2. The van der Waals surface area contributed by atoms with Crippen LogP contribution < -0.4 is 10.8 Å². The molecule has 1 aromatic rings. The van der Waals surface area contributed by atoms with Crippen molar-refractivity contribution in [1.82, 2.24) is 5.32 Å². The maximum atomic E-state index is 14.4. The van der Waals surface area contributed by atoms with Gasteiger partial charge in [0.15, 0.2) is 0 Å². The highest BCUT2D eigenvalue weighted by molar-refractivity contribution is 6.62. The zero-order chi connectivity index (χ0) is 14.5. The Kier molecular flexibility index (Phi) is 4.42. The summed E-state index contributed by atoms with van der Waals surface area (Å²) in [6.07, 6.45) is 0.871. The second kappa shape index (κ2) is 5.54. The van der Waals surface area contributed by atoms with Crippen molar-refractivity contribution in [3.63, 3.8) is 0 Å². The normalized spacial score (nSPS) is 22.6. The van der Waals surface area contributed by atoms with Crippen LogP contribution in [0.2, 0.25) is 0 Å². The van der Waals surface area contributed by atoms with Crippen LogP contribution in [-0.2, 0) is 22.3 Å². The minimum absolute atomic E-state index is 0. The maximum absolute atomic E-state index is 14.4. The molecule has 0 spiro atoms. The first kappa shape index (κ1) is 16.8. The second-order valence-electron chi connectivity index (χ2n) is 6.66. The van der Waals surface area contributed by atoms with Gasteiger partial charge in [0.1, 0.15) is 5.82 Å². The van der Waals surface area contributed by atoms with E-state index in [0.29, 0.717) is 5.46 Å². The van der Waals surface area contributed by atoms with Crippen molar-refractivity contribution >= 4 is 25.0 Å². The molecule has 2 aliphatic rings. The first-order valence-corrected chi connectivity index (χ1v) is 7.18. The second-order valence-corrected chi connectivity index (χ2v) is 6.66. The Morgan fingerprint density at radius 1 is 1.10 bits per heavy atom. The average Bonchev–Trinajstić information content (AvgIpc) is 2.57. The van der Waals surface area contributed by atoms with E-state index in [2.05, 4.69) is 5.32 Å². The van der Waals surface area contributed by atoms with Crippen molar-refractivity contribution in [1.29, 1.82) is 0 Å². The molecular formula is C15H22BClFNO2. The van der Waals surface area contributed by atoms with Gasteiger partial charge >= 0.3 is 7.12 Å². The van der Waals surface area contributed by atoms with Gasteiger partial charge in [0.25, 0.3) is 0 Å². The van der Waals surface area contributed by atoms with Crippen LogP contribution in [0.25, 0.3) is 0 Å². The molecule has 0 bridgehead atoms. The van der Waals surface area contributed by atoms with Crippen LogP contribution in [0.5, 0.6) is 0 Å². The smallest absolute Gasteiger partial charge is 0.399 e. The van der Waals surface area contributed by atoms with Crippen LogP contribution in [0.1, 0.15) is 38.8 Å². The van der Waals surface area contributed by atoms with Crippen LogP contribution in [0, 0.1) is 5.82 Å². The van der Waals surface area contributed by atoms with E-state index < -0.39 is 18.3 Å². The summed E-state index contributed by atoms with van der Waals surface area (Å²) in [6.45, 7) is 9.59. The predicted molar refractivity (Wildman–Crippen MR) is 84.8 cm³/mol. The Hall–Kier alpha value is -0.615. The molecule has 3 nitrogen and oxygen atoms in total. The molecule has 2 heterocycles. The zero-order valence-electron chi connectivity index (χ0n) is 13.0. The van der Waals surface area contributed by atoms with Crippen molar-refractivity contribution in [2.75, 3.05) is 6.54 Å². The number of nitrogens with one attached hydrogen (secondary N) is 1. The average molecular weight is 314 g/mol. The molecule has 0 amide bonds. The molecule has 0 aliphatic carbocycles. The highest BCUT2D eigenvalue weighted by Gasteiger charge is 2.52. The molecule has 0 saturated carbocycles. The van der Waals surface area contributed by atoms with Crippen LogP contribution in [0.3, 0.4) is 0 Å². The predicted octanol–water partition coefficient (Wildman–Crippen LogP) is 2.19. The minimum Gasteiger partial charge on any atom is -0.399 e. The highest BCUT2D eigenvalue weighted by atomic mass is 35.5. The van der Waals surface area contributed by atoms with Crippen molar-refractivity contribution < 1.29 is 13.7 Å². The molecule has 0 radical (unpaired) electrons. The molecule has 116 valence electrons. The van der Waals surface area contributed by atoms with Gasteiger partial charge in [-0.3, -0.25) is 0 Å². The van der Waals surface area contributed by atoms with Gasteiger partial charge in [-0.2, -0.15) is 0 Å². The van der Waals surface area contributed by atoms with Gasteiger partial charge in [-0.15, -0.1) is 12.4 Å². The van der Waals surface area contributed by atoms with E-state index in [9.17, 15) is 4.39 Å². The lowest BCUT2D eigenvalue weighted by atomic mass is 9.76. The first-order chi connectivity index (χ1) is 9.30. The number of hydrogen-bond acceptors (Lipinski definition) is 3. The van der Waals surface area contributed by atoms with Gasteiger partial charge in [0.2, 0.25) is 0 Å². The molecule has 2 aliphatic heterocycles. The molecule has 6 heteroatoms. The Morgan fingerprint density at radius 3 is 2.33 bits per heavy atom. The molecule has 1 fully saturated rings. The maximum Gasteiger partial charge on any atom is 0.497 e. The number of hydrogen-bond donors (Lipinski definition) is 1. The number of halogens is 2. The molecule has 0 aromatic heterocycles. The zero-order valence-corrected chi connectivity index (χ0v) is 13.8. The molecule has 0 atom stereocenters. The van der Waals surface area contributed by atoms with Gasteiger partial charge in [-0.25, -0.2) is 4.39 Å². The highest BCUT2D eigenvalue weighted by Crippen LogP contribution is 2.36. The van der Waals surface area contributed by atoms with E-state index in [1.54, 1.807) is 6.07 Å². The topological polar surface area (TPSA) is 30.5 Å². The third-order valence-electron chi connectivity index (χ3n) is 4.71. The minimum atomic E-state index is -0.632. The molecule has 3 rings (SSSR count). The lowest BCUT2D eigenvalue weighted by Crippen LogP contribution is -2.41. The molecular weight excluding hydrogens is 291 g/mol. The first-order valence-electron chi connectivity index (χ1n) is 7.18. The summed E-state index contributed by atoms with van der Waals surface area (Å²) in [6, 6.07) is 3.52. The number of rotatable bonds is 1. The monoisotopic (exact) mass is 313 g/mol. The van der Waals surface area contributed by atoms with E-state index in [1.807, 2.05) is 33.8 Å². The Bertz CT molecular complexity index is 535. The van der Waals surface area contributed by atoms with Crippen molar-refractivity contribution in [2.45, 2.75) is 51.9 Å². The molecule has 1 N–H and O–H groups in total. The largest absolute Gasteiger partial charge is 0.497 e. The fourth-order valence-electron chi connectivity index (χ4n) is 2.67. The lowest BCUT2D eigenvalue weighted by molar-refractivity contribution is 0.00578. The van der Waals surface area contributed by atoms with Gasteiger partial charge in [0.05, 0.1) is 11.2 Å². The summed E-state index contributed by atoms with van der Waals surface area (Å²) in [4.78, 5) is 0. The van der Waals surface area contributed by atoms with Gasteiger partial charge in [-0.05, 0) is 57.9 Å². The summed E-state index contributed by atoms with van der Waals surface area (Å²) in [5.74, 6) is -0.232. The van der Waals surface area contributed by atoms with E-state index in [1.165, 1.54) is 0 Å². The summed E-state index contributed by atoms with van der Waals surface area (Å²) in [7, 11) is -0.632. The Balaban J connectivity index is 0.00000161. The van der Waals surface area contributed by atoms with Crippen molar-refractivity contribution in [3.05, 3.63) is 29.1 Å².